The number of anilines is 1. The zero-order valence-corrected chi connectivity index (χ0v) is 9.25. The zero-order valence-electron chi connectivity index (χ0n) is 8.43. The van der Waals surface area contributed by atoms with Crippen molar-refractivity contribution in [2.75, 3.05) is 12.4 Å². The fourth-order valence-corrected chi connectivity index (χ4v) is 1.48. The van der Waals surface area contributed by atoms with Crippen LogP contribution in [0.25, 0.3) is 0 Å². The van der Waals surface area contributed by atoms with Gasteiger partial charge in [-0.15, -0.1) is 0 Å². The molecule has 1 atom stereocenters. The third kappa shape index (κ3) is 2.95. The first-order chi connectivity index (χ1) is 7.02. The molecule has 82 valence electrons. The lowest BCUT2D eigenvalue weighted by Crippen LogP contribution is -2.42. The molecular weight excluding hydrogens is 216 g/mol. The largest absolute Gasteiger partial charge is 0.480 e. The monoisotopic (exact) mass is 228 g/mol. The van der Waals surface area contributed by atoms with Crippen LogP contribution in [0.2, 0.25) is 0 Å². The number of hydrogen-bond donors (Lipinski definition) is 2. The van der Waals surface area contributed by atoms with Gasteiger partial charge in [0, 0.05) is 12.4 Å². The summed E-state index contributed by atoms with van der Waals surface area (Å²) in [5.74, 6) is -1.03. The molecule has 0 saturated carbocycles. The third-order valence-corrected chi connectivity index (χ3v) is 2.71. The van der Waals surface area contributed by atoms with Crippen LogP contribution in [-0.4, -0.2) is 35.1 Å². The van der Waals surface area contributed by atoms with Crippen molar-refractivity contribution in [1.29, 1.82) is 0 Å². The van der Waals surface area contributed by atoms with E-state index < -0.39 is 18.0 Å². The molecule has 0 saturated heterocycles. The summed E-state index contributed by atoms with van der Waals surface area (Å²) in [7, 11) is 1.44. The Labute approximate surface area is 91.3 Å². The first-order valence-corrected chi connectivity index (χ1v) is 5.25. The fraction of sp³-hybridized carbons (Fsp3) is 0.333. The van der Waals surface area contributed by atoms with Crippen molar-refractivity contribution in [3.63, 3.8) is 0 Å². The number of carboxylic acid groups (broad SMARTS) is 1. The second kappa shape index (κ2) is 4.79. The lowest BCUT2D eigenvalue weighted by molar-refractivity contribution is -0.141. The molecule has 1 aromatic rings. The number of nitrogens with zero attached hydrogens (tertiary/aromatic N) is 1. The van der Waals surface area contributed by atoms with Crippen LogP contribution >= 0.6 is 11.3 Å². The molecule has 0 radical (unpaired) electrons. The van der Waals surface area contributed by atoms with Crippen molar-refractivity contribution in [1.82, 2.24) is 4.90 Å². The normalized spacial score (nSPS) is 11.9. The van der Waals surface area contributed by atoms with Crippen LogP contribution in [0.4, 0.5) is 10.5 Å². The summed E-state index contributed by atoms with van der Waals surface area (Å²) in [5.41, 5.74) is 0.675. The Kier molecular flexibility index (Phi) is 3.68. The van der Waals surface area contributed by atoms with E-state index in [1.54, 1.807) is 11.4 Å². The van der Waals surface area contributed by atoms with Gasteiger partial charge in [-0.2, -0.15) is 11.3 Å². The van der Waals surface area contributed by atoms with Gasteiger partial charge in [-0.05, 0) is 18.4 Å². The summed E-state index contributed by atoms with van der Waals surface area (Å²) in [6.07, 6.45) is 0. The van der Waals surface area contributed by atoms with Gasteiger partial charge in [0.2, 0.25) is 0 Å². The van der Waals surface area contributed by atoms with E-state index in [0.29, 0.717) is 5.69 Å². The SMILES string of the molecule is CC(C(=O)O)N(C)C(=O)Nc1ccsc1. The van der Waals surface area contributed by atoms with E-state index in [-0.39, 0.29) is 0 Å². The number of carbonyl (C=O) groups excluding carboxylic acids is 1. The molecule has 0 aliphatic rings. The van der Waals surface area contributed by atoms with Crippen molar-refractivity contribution in [2.45, 2.75) is 13.0 Å². The van der Waals surface area contributed by atoms with E-state index in [2.05, 4.69) is 5.32 Å². The number of nitrogens with one attached hydrogen (secondary N) is 1. The van der Waals surface area contributed by atoms with Crippen molar-refractivity contribution < 1.29 is 14.7 Å². The number of aliphatic carboxylic acids is 1. The van der Waals surface area contributed by atoms with Crippen LogP contribution in [0.15, 0.2) is 16.8 Å². The molecule has 0 spiro atoms. The summed E-state index contributed by atoms with van der Waals surface area (Å²) < 4.78 is 0. The van der Waals surface area contributed by atoms with Crippen LogP contribution in [-0.2, 0) is 4.79 Å². The van der Waals surface area contributed by atoms with Crippen molar-refractivity contribution in [3.8, 4) is 0 Å². The first kappa shape index (κ1) is 11.5. The van der Waals surface area contributed by atoms with Crippen molar-refractivity contribution >= 4 is 29.0 Å². The van der Waals surface area contributed by atoms with Gasteiger partial charge in [-0.3, -0.25) is 0 Å². The molecular formula is C9H12N2O3S. The Balaban J connectivity index is 2.57. The highest BCUT2D eigenvalue weighted by molar-refractivity contribution is 7.08. The van der Waals surface area contributed by atoms with Gasteiger partial charge in [0.15, 0.2) is 0 Å². The maximum atomic E-state index is 11.5. The highest BCUT2D eigenvalue weighted by atomic mass is 32.1. The summed E-state index contributed by atoms with van der Waals surface area (Å²) in [4.78, 5) is 23.3. The van der Waals surface area contributed by atoms with E-state index >= 15 is 0 Å². The highest BCUT2D eigenvalue weighted by Gasteiger charge is 2.21. The van der Waals surface area contributed by atoms with E-state index in [1.165, 1.54) is 25.3 Å². The van der Waals surface area contributed by atoms with Gasteiger partial charge in [-0.1, -0.05) is 0 Å². The molecule has 1 rings (SSSR count). The molecule has 15 heavy (non-hydrogen) atoms. The van der Waals surface area contributed by atoms with Gasteiger partial charge in [0.05, 0.1) is 5.69 Å². The molecule has 1 unspecified atom stereocenters. The van der Waals surface area contributed by atoms with Crippen LogP contribution in [0.3, 0.4) is 0 Å². The van der Waals surface area contributed by atoms with Gasteiger partial charge >= 0.3 is 12.0 Å². The maximum absolute atomic E-state index is 11.5. The molecule has 5 nitrogen and oxygen atoms in total. The molecule has 6 heteroatoms. The molecule has 0 bridgehead atoms. The predicted molar refractivity (Wildman–Crippen MR) is 58.2 cm³/mol. The number of amides is 2. The molecule has 2 amide bonds. The standard InChI is InChI=1S/C9H12N2O3S/c1-6(8(12)13)11(2)9(14)10-7-3-4-15-5-7/h3-6H,1-2H3,(H,10,14)(H,12,13). The molecule has 1 heterocycles. The smallest absolute Gasteiger partial charge is 0.326 e. The Morgan fingerprint density at radius 1 is 1.60 bits per heavy atom. The van der Waals surface area contributed by atoms with Crippen LogP contribution in [0.5, 0.6) is 0 Å². The average Bonchev–Trinajstić information content (AvgIpc) is 2.67. The molecule has 0 aliphatic heterocycles. The molecule has 0 aromatic carbocycles. The van der Waals surface area contributed by atoms with Gasteiger partial charge < -0.3 is 15.3 Å². The fourth-order valence-electron chi connectivity index (χ4n) is 0.889. The number of hydrogen-bond acceptors (Lipinski definition) is 3. The summed E-state index contributed by atoms with van der Waals surface area (Å²) in [6, 6.07) is 0.480. The summed E-state index contributed by atoms with van der Waals surface area (Å²) in [5, 5.41) is 14.9. The zero-order chi connectivity index (χ0) is 11.4. The molecule has 1 aromatic heterocycles. The van der Waals surface area contributed by atoms with Gasteiger partial charge in [-0.25, -0.2) is 9.59 Å². The van der Waals surface area contributed by atoms with Crippen LogP contribution in [0, 0.1) is 0 Å². The molecule has 2 N–H and O–H groups in total. The van der Waals surface area contributed by atoms with Crippen molar-refractivity contribution in [2.24, 2.45) is 0 Å². The number of carbonyl (C=O) groups is 2. The average molecular weight is 228 g/mol. The van der Waals surface area contributed by atoms with Crippen LogP contribution in [0.1, 0.15) is 6.92 Å². The number of rotatable bonds is 3. The van der Waals surface area contributed by atoms with E-state index in [0.717, 1.165) is 4.90 Å². The lowest BCUT2D eigenvalue weighted by atomic mass is 10.3. The number of thiophene rings is 1. The Morgan fingerprint density at radius 3 is 2.73 bits per heavy atom. The Morgan fingerprint density at radius 2 is 2.27 bits per heavy atom. The van der Waals surface area contributed by atoms with Gasteiger partial charge in [0.1, 0.15) is 6.04 Å². The number of likely N-dealkylation sites (N-methyl/N-ethyl adjacent to an activating group) is 1. The van der Waals surface area contributed by atoms with Crippen molar-refractivity contribution in [3.05, 3.63) is 16.8 Å². The maximum Gasteiger partial charge on any atom is 0.326 e. The quantitative estimate of drug-likeness (QED) is 0.827. The lowest BCUT2D eigenvalue weighted by Gasteiger charge is -2.21. The predicted octanol–water partition coefficient (Wildman–Crippen LogP) is 1.68. The van der Waals surface area contributed by atoms with E-state index in [9.17, 15) is 9.59 Å². The molecule has 0 aliphatic carbocycles. The second-order valence-electron chi connectivity index (χ2n) is 3.07. The number of carboxylic acids is 1. The van der Waals surface area contributed by atoms with E-state index in [4.69, 9.17) is 5.11 Å². The summed E-state index contributed by atoms with van der Waals surface area (Å²) in [6.45, 7) is 1.45. The molecule has 0 fully saturated rings. The van der Waals surface area contributed by atoms with Crippen LogP contribution < -0.4 is 5.32 Å². The van der Waals surface area contributed by atoms with E-state index in [1.807, 2.05) is 5.38 Å². The first-order valence-electron chi connectivity index (χ1n) is 4.31. The Bertz CT molecular complexity index is 350. The highest BCUT2D eigenvalue weighted by Crippen LogP contribution is 2.12. The minimum atomic E-state index is -1.03. The minimum Gasteiger partial charge on any atom is -0.480 e. The number of urea groups is 1. The second-order valence-corrected chi connectivity index (χ2v) is 3.85. The summed E-state index contributed by atoms with van der Waals surface area (Å²) >= 11 is 1.46. The Hall–Kier alpha value is -1.56. The van der Waals surface area contributed by atoms with Gasteiger partial charge in [0.25, 0.3) is 0 Å². The third-order valence-electron chi connectivity index (χ3n) is 2.03. The minimum absolute atomic E-state index is 0.428. The topological polar surface area (TPSA) is 69.6 Å².